The standard InChI is InChI=1S/C27H26N4O5/c1-3-17-36-24-15-9-20(10-16-24)18-25(28-26(32)22-7-5-4-6-8-22)27(33)30-29-19(2)21-11-13-23(14-12-21)31(34)35/h4-16,18H,3,17H2,1-2H3,(H,28,32)(H,30,33). The van der Waals surface area contributed by atoms with Gasteiger partial charge in [0.05, 0.1) is 17.2 Å². The van der Waals surface area contributed by atoms with Gasteiger partial charge >= 0.3 is 0 Å². The van der Waals surface area contributed by atoms with E-state index in [0.717, 1.165) is 6.42 Å². The maximum Gasteiger partial charge on any atom is 0.287 e. The Morgan fingerprint density at radius 2 is 1.64 bits per heavy atom. The highest BCUT2D eigenvalue weighted by molar-refractivity contribution is 6.06. The highest BCUT2D eigenvalue weighted by atomic mass is 16.6. The van der Waals surface area contributed by atoms with E-state index in [1.807, 2.05) is 6.92 Å². The number of carbonyl (C=O) groups is 2. The largest absolute Gasteiger partial charge is 0.494 e. The summed E-state index contributed by atoms with van der Waals surface area (Å²) >= 11 is 0. The van der Waals surface area contributed by atoms with Gasteiger partial charge in [0, 0.05) is 17.7 Å². The number of amides is 2. The number of nitro benzene ring substituents is 1. The Morgan fingerprint density at radius 1 is 0.972 bits per heavy atom. The van der Waals surface area contributed by atoms with Crippen LogP contribution in [0.3, 0.4) is 0 Å². The number of non-ortho nitro benzene ring substituents is 1. The van der Waals surface area contributed by atoms with Crippen LogP contribution >= 0.6 is 0 Å². The van der Waals surface area contributed by atoms with E-state index in [4.69, 9.17) is 4.74 Å². The summed E-state index contributed by atoms with van der Waals surface area (Å²) < 4.78 is 5.59. The van der Waals surface area contributed by atoms with E-state index in [1.54, 1.807) is 73.7 Å². The predicted octanol–water partition coefficient (Wildman–Crippen LogP) is 4.69. The van der Waals surface area contributed by atoms with Crippen molar-refractivity contribution in [2.75, 3.05) is 6.61 Å². The van der Waals surface area contributed by atoms with Crippen molar-refractivity contribution < 1.29 is 19.2 Å². The molecule has 0 saturated carbocycles. The lowest BCUT2D eigenvalue weighted by Gasteiger charge is -2.10. The van der Waals surface area contributed by atoms with Crippen molar-refractivity contribution in [1.82, 2.24) is 10.7 Å². The second-order valence-corrected chi connectivity index (χ2v) is 7.74. The fraction of sp³-hybridized carbons (Fsp3) is 0.148. The maximum atomic E-state index is 13.0. The molecule has 36 heavy (non-hydrogen) atoms. The fourth-order valence-corrected chi connectivity index (χ4v) is 3.07. The van der Waals surface area contributed by atoms with Gasteiger partial charge in [-0.3, -0.25) is 19.7 Å². The molecule has 2 N–H and O–H groups in total. The monoisotopic (exact) mass is 486 g/mol. The molecular weight excluding hydrogens is 460 g/mol. The van der Waals surface area contributed by atoms with E-state index in [9.17, 15) is 19.7 Å². The molecule has 3 rings (SSSR count). The number of nitrogens with zero attached hydrogens (tertiary/aromatic N) is 2. The van der Waals surface area contributed by atoms with Crippen molar-refractivity contribution in [3.8, 4) is 5.75 Å². The number of nitrogens with one attached hydrogen (secondary N) is 2. The number of carbonyl (C=O) groups excluding carboxylic acids is 2. The first-order valence-corrected chi connectivity index (χ1v) is 11.3. The van der Waals surface area contributed by atoms with Gasteiger partial charge in [-0.15, -0.1) is 0 Å². The Bertz CT molecular complexity index is 1270. The van der Waals surface area contributed by atoms with Crippen molar-refractivity contribution in [2.45, 2.75) is 20.3 Å². The molecule has 0 saturated heterocycles. The molecule has 0 fully saturated rings. The van der Waals surface area contributed by atoms with Crippen LogP contribution in [0.5, 0.6) is 5.75 Å². The first-order chi connectivity index (χ1) is 17.4. The second kappa shape index (κ2) is 12.6. The van der Waals surface area contributed by atoms with E-state index in [-0.39, 0.29) is 11.4 Å². The molecule has 184 valence electrons. The molecule has 0 radical (unpaired) electrons. The van der Waals surface area contributed by atoms with Crippen molar-refractivity contribution in [2.24, 2.45) is 5.10 Å². The molecule has 0 aliphatic heterocycles. The molecule has 9 heteroatoms. The van der Waals surface area contributed by atoms with Gasteiger partial charge < -0.3 is 10.1 Å². The maximum absolute atomic E-state index is 13.0. The lowest BCUT2D eigenvalue weighted by atomic mass is 10.1. The third-order valence-electron chi connectivity index (χ3n) is 5.01. The lowest BCUT2D eigenvalue weighted by molar-refractivity contribution is -0.384. The molecule has 0 atom stereocenters. The summed E-state index contributed by atoms with van der Waals surface area (Å²) in [7, 11) is 0. The molecule has 0 spiro atoms. The number of ether oxygens (including phenoxy) is 1. The van der Waals surface area contributed by atoms with Crippen LogP contribution in [0.25, 0.3) is 6.08 Å². The summed E-state index contributed by atoms with van der Waals surface area (Å²) in [4.78, 5) is 36.1. The predicted molar refractivity (Wildman–Crippen MR) is 138 cm³/mol. The van der Waals surface area contributed by atoms with Gasteiger partial charge in [0.1, 0.15) is 11.4 Å². The van der Waals surface area contributed by atoms with Crippen LogP contribution in [0.15, 0.2) is 89.7 Å². The highest BCUT2D eigenvalue weighted by Crippen LogP contribution is 2.15. The fourth-order valence-electron chi connectivity index (χ4n) is 3.07. The average molecular weight is 487 g/mol. The molecular formula is C27H26N4O5. The van der Waals surface area contributed by atoms with E-state index < -0.39 is 16.7 Å². The molecule has 0 aromatic heterocycles. The number of benzene rings is 3. The number of hydrogen-bond acceptors (Lipinski definition) is 6. The summed E-state index contributed by atoms with van der Waals surface area (Å²) in [5.74, 6) is -0.375. The molecule has 3 aromatic carbocycles. The number of hydrazone groups is 1. The number of rotatable bonds is 10. The van der Waals surface area contributed by atoms with E-state index in [0.29, 0.717) is 34.8 Å². The summed E-state index contributed by atoms with van der Waals surface area (Å²) in [5, 5.41) is 17.6. The molecule has 2 amide bonds. The smallest absolute Gasteiger partial charge is 0.287 e. The van der Waals surface area contributed by atoms with E-state index in [2.05, 4.69) is 15.8 Å². The normalized spacial score (nSPS) is 11.5. The van der Waals surface area contributed by atoms with Crippen molar-refractivity contribution >= 4 is 29.3 Å². The molecule has 0 aliphatic rings. The minimum Gasteiger partial charge on any atom is -0.494 e. The SMILES string of the molecule is CCCOc1ccc(C=C(NC(=O)c2ccccc2)C(=O)NN=C(C)c2ccc([N+](=O)[O-])cc2)cc1. The summed E-state index contributed by atoms with van der Waals surface area (Å²) in [6, 6.07) is 21.4. The average Bonchev–Trinajstić information content (AvgIpc) is 2.91. The third-order valence-corrected chi connectivity index (χ3v) is 5.01. The van der Waals surface area contributed by atoms with Gasteiger partial charge in [0.25, 0.3) is 17.5 Å². The summed E-state index contributed by atoms with van der Waals surface area (Å²) in [6.45, 7) is 4.27. The molecule has 0 unspecified atom stereocenters. The van der Waals surface area contributed by atoms with Gasteiger partial charge in [0.15, 0.2) is 0 Å². The molecule has 9 nitrogen and oxygen atoms in total. The van der Waals surface area contributed by atoms with Crippen LogP contribution in [0.2, 0.25) is 0 Å². The van der Waals surface area contributed by atoms with Gasteiger partial charge in [-0.05, 0) is 66.9 Å². The third kappa shape index (κ3) is 7.36. The van der Waals surface area contributed by atoms with Crippen LogP contribution in [-0.4, -0.2) is 29.1 Å². The highest BCUT2D eigenvalue weighted by Gasteiger charge is 2.15. The Hall–Kier alpha value is -4.79. The zero-order valence-electron chi connectivity index (χ0n) is 19.9. The topological polar surface area (TPSA) is 123 Å². The van der Waals surface area contributed by atoms with Crippen LogP contribution in [0.1, 0.15) is 41.8 Å². The first kappa shape index (κ1) is 25.8. The zero-order chi connectivity index (χ0) is 25.9. The summed E-state index contributed by atoms with van der Waals surface area (Å²) in [5.41, 5.74) is 4.49. The van der Waals surface area contributed by atoms with Crippen LogP contribution in [0.4, 0.5) is 5.69 Å². The minimum atomic E-state index is -0.633. The minimum absolute atomic E-state index is 0.00803. The Balaban J connectivity index is 1.81. The molecule has 0 heterocycles. The van der Waals surface area contributed by atoms with Gasteiger partial charge in [-0.2, -0.15) is 5.10 Å². The van der Waals surface area contributed by atoms with Crippen molar-refractivity contribution in [3.05, 3.63) is 111 Å². The Kier molecular flexibility index (Phi) is 9.05. The quantitative estimate of drug-likeness (QED) is 0.186. The lowest BCUT2D eigenvalue weighted by Crippen LogP contribution is -2.33. The van der Waals surface area contributed by atoms with Crippen molar-refractivity contribution in [3.63, 3.8) is 0 Å². The van der Waals surface area contributed by atoms with Gasteiger partial charge in [-0.1, -0.05) is 37.3 Å². The van der Waals surface area contributed by atoms with Gasteiger partial charge in [0.2, 0.25) is 0 Å². The van der Waals surface area contributed by atoms with Gasteiger partial charge in [-0.25, -0.2) is 5.43 Å². The number of hydrogen-bond donors (Lipinski definition) is 2. The van der Waals surface area contributed by atoms with E-state index in [1.165, 1.54) is 18.2 Å². The number of nitro groups is 1. The second-order valence-electron chi connectivity index (χ2n) is 7.74. The molecule has 3 aromatic rings. The molecule has 0 bridgehead atoms. The molecule has 0 aliphatic carbocycles. The van der Waals surface area contributed by atoms with Crippen LogP contribution < -0.4 is 15.5 Å². The van der Waals surface area contributed by atoms with E-state index >= 15 is 0 Å². The Labute approximate surface area is 208 Å². The zero-order valence-corrected chi connectivity index (χ0v) is 19.9. The first-order valence-electron chi connectivity index (χ1n) is 11.3. The summed E-state index contributed by atoms with van der Waals surface area (Å²) in [6.07, 6.45) is 2.42. The Morgan fingerprint density at radius 3 is 2.25 bits per heavy atom. The van der Waals surface area contributed by atoms with Crippen LogP contribution in [0, 0.1) is 10.1 Å². The van der Waals surface area contributed by atoms with Crippen LogP contribution in [-0.2, 0) is 4.79 Å². The van der Waals surface area contributed by atoms with Crippen molar-refractivity contribution in [1.29, 1.82) is 0 Å².